The molecule has 0 spiro atoms. The number of nitrogens with one attached hydrogen (secondary N) is 2. The summed E-state index contributed by atoms with van der Waals surface area (Å²) < 4.78 is 6.11. The minimum Gasteiger partial charge on any atom is -0.452 e. The van der Waals surface area contributed by atoms with E-state index in [0.717, 1.165) is 3.57 Å². The SMILES string of the molecule is CNc1ccccc1C(=O)OCC(=O)Nc1ccc(I)cc1. The topological polar surface area (TPSA) is 67.4 Å². The van der Waals surface area contributed by atoms with Gasteiger partial charge in [0, 0.05) is 22.0 Å². The van der Waals surface area contributed by atoms with E-state index in [2.05, 4.69) is 33.2 Å². The van der Waals surface area contributed by atoms with Crippen LogP contribution >= 0.6 is 22.6 Å². The average molecular weight is 410 g/mol. The van der Waals surface area contributed by atoms with Gasteiger partial charge < -0.3 is 15.4 Å². The van der Waals surface area contributed by atoms with Crippen LogP contribution in [-0.2, 0) is 9.53 Å². The largest absolute Gasteiger partial charge is 0.452 e. The molecule has 0 saturated heterocycles. The number of anilines is 2. The van der Waals surface area contributed by atoms with E-state index < -0.39 is 5.97 Å². The molecule has 114 valence electrons. The Kier molecular flexibility index (Phi) is 5.76. The second-order valence-electron chi connectivity index (χ2n) is 4.43. The number of ether oxygens (including phenoxy) is 1. The quantitative estimate of drug-likeness (QED) is 0.587. The van der Waals surface area contributed by atoms with Crippen molar-refractivity contribution in [3.63, 3.8) is 0 Å². The van der Waals surface area contributed by atoms with Crippen LogP contribution in [0, 0.1) is 3.57 Å². The van der Waals surface area contributed by atoms with Crippen LogP contribution < -0.4 is 10.6 Å². The monoisotopic (exact) mass is 410 g/mol. The van der Waals surface area contributed by atoms with Gasteiger partial charge in [-0.25, -0.2) is 4.79 Å². The standard InChI is InChI=1S/C16H15IN2O3/c1-18-14-5-3-2-4-13(14)16(21)22-10-15(20)19-12-8-6-11(17)7-9-12/h2-9,18H,10H2,1H3,(H,19,20). The molecular formula is C16H15IN2O3. The van der Waals surface area contributed by atoms with Gasteiger partial charge in [-0.1, -0.05) is 12.1 Å². The number of benzene rings is 2. The fraction of sp³-hybridized carbons (Fsp3) is 0.125. The number of carbonyl (C=O) groups excluding carboxylic acids is 2. The lowest BCUT2D eigenvalue weighted by Gasteiger charge is -2.09. The Balaban J connectivity index is 1.90. The van der Waals surface area contributed by atoms with Crippen molar-refractivity contribution in [2.24, 2.45) is 0 Å². The zero-order valence-electron chi connectivity index (χ0n) is 11.9. The molecule has 0 fully saturated rings. The van der Waals surface area contributed by atoms with Crippen LogP contribution in [0.2, 0.25) is 0 Å². The van der Waals surface area contributed by atoms with Gasteiger partial charge in [0.1, 0.15) is 0 Å². The van der Waals surface area contributed by atoms with Gasteiger partial charge in [0.2, 0.25) is 0 Å². The van der Waals surface area contributed by atoms with E-state index in [1.807, 2.05) is 18.2 Å². The molecule has 0 heterocycles. The highest BCUT2D eigenvalue weighted by Crippen LogP contribution is 2.15. The second kappa shape index (κ2) is 7.79. The van der Waals surface area contributed by atoms with Gasteiger partial charge >= 0.3 is 5.97 Å². The Morgan fingerprint density at radius 2 is 1.77 bits per heavy atom. The average Bonchev–Trinajstić information content (AvgIpc) is 2.54. The third-order valence-electron chi connectivity index (χ3n) is 2.88. The summed E-state index contributed by atoms with van der Waals surface area (Å²) in [4.78, 5) is 23.8. The highest BCUT2D eigenvalue weighted by atomic mass is 127. The molecule has 0 aromatic heterocycles. The molecule has 2 aromatic carbocycles. The summed E-state index contributed by atoms with van der Waals surface area (Å²) in [6.45, 7) is -0.330. The van der Waals surface area contributed by atoms with Gasteiger partial charge in [-0.2, -0.15) is 0 Å². The molecule has 0 aliphatic rings. The molecule has 2 aromatic rings. The van der Waals surface area contributed by atoms with E-state index >= 15 is 0 Å². The van der Waals surface area contributed by atoms with Gasteiger partial charge in [-0.3, -0.25) is 4.79 Å². The van der Waals surface area contributed by atoms with Crippen LogP contribution in [0.3, 0.4) is 0 Å². The van der Waals surface area contributed by atoms with E-state index in [4.69, 9.17) is 4.74 Å². The first-order chi connectivity index (χ1) is 10.6. The predicted molar refractivity (Wildman–Crippen MR) is 94.1 cm³/mol. The first kappa shape index (κ1) is 16.3. The molecule has 6 heteroatoms. The van der Waals surface area contributed by atoms with E-state index in [1.165, 1.54) is 0 Å². The molecule has 1 amide bonds. The molecule has 2 rings (SSSR count). The van der Waals surface area contributed by atoms with Gasteiger partial charge in [-0.05, 0) is 59.0 Å². The minimum atomic E-state index is -0.539. The highest BCUT2D eigenvalue weighted by molar-refractivity contribution is 14.1. The Labute approximate surface area is 142 Å². The molecule has 2 N–H and O–H groups in total. The van der Waals surface area contributed by atoms with Crippen molar-refractivity contribution < 1.29 is 14.3 Å². The molecule has 22 heavy (non-hydrogen) atoms. The molecule has 0 atom stereocenters. The third kappa shape index (κ3) is 4.45. The lowest BCUT2D eigenvalue weighted by atomic mass is 10.2. The molecule has 0 unspecified atom stereocenters. The Morgan fingerprint density at radius 1 is 1.09 bits per heavy atom. The molecular weight excluding hydrogens is 395 g/mol. The summed E-state index contributed by atoms with van der Waals surface area (Å²) in [6.07, 6.45) is 0. The lowest BCUT2D eigenvalue weighted by Crippen LogP contribution is -2.21. The molecule has 5 nitrogen and oxygen atoms in total. The smallest absolute Gasteiger partial charge is 0.340 e. The van der Waals surface area contributed by atoms with Crippen LogP contribution in [-0.4, -0.2) is 25.5 Å². The van der Waals surface area contributed by atoms with E-state index in [9.17, 15) is 9.59 Å². The predicted octanol–water partition coefficient (Wildman–Crippen LogP) is 3.13. The lowest BCUT2D eigenvalue weighted by molar-refractivity contribution is -0.119. The normalized spacial score (nSPS) is 9.91. The number of hydrogen-bond acceptors (Lipinski definition) is 4. The van der Waals surface area contributed by atoms with E-state index in [-0.39, 0.29) is 12.5 Å². The number of halogens is 1. The fourth-order valence-electron chi connectivity index (χ4n) is 1.82. The first-order valence-electron chi connectivity index (χ1n) is 6.59. The summed E-state index contributed by atoms with van der Waals surface area (Å²) in [6, 6.07) is 14.3. The maximum Gasteiger partial charge on any atom is 0.340 e. The van der Waals surface area contributed by atoms with Crippen molar-refractivity contribution in [2.75, 3.05) is 24.3 Å². The van der Waals surface area contributed by atoms with Crippen molar-refractivity contribution in [3.05, 3.63) is 57.7 Å². The summed E-state index contributed by atoms with van der Waals surface area (Å²) in [5.74, 6) is -0.917. The molecule has 0 saturated carbocycles. The summed E-state index contributed by atoms with van der Waals surface area (Å²) in [5, 5.41) is 5.58. The Morgan fingerprint density at radius 3 is 2.45 bits per heavy atom. The Hall–Kier alpha value is -2.09. The second-order valence-corrected chi connectivity index (χ2v) is 5.67. The number of amides is 1. The van der Waals surface area contributed by atoms with Gasteiger partial charge in [-0.15, -0.1) is 0 Å². The molecule has 0 aliphatic carbocycles. The number of rotatable bonds is 5. The zero-order valence-corrected chi connectivity index (χ0v) is 14.1. The van der Waals surface area contributed by atoms with Crippen LogP contribution in [0.4, 0.5) is 11.4 Å². The number of esters is 1. The molecule has 0 aliphatic heterocycles. The molecule has 0 radical (unpaired) electrons. The third-order valence-corrected chi connectivity index (χ3v) is 3.60. The maximum atomic E-state index is 12.0. The minimum absolute atomic E-state index is 0.330. The van der Waals surface area contributed by atoms with Crippen molar-refractivity contribution >= 4 is 45.8 Å². The van der Waals surface area contributed by atoms with Crippen LogP contribution in [0.15, 0.2) is 48.5 Å². The zero-order chi connectivity index (χ0) is 15.9. The summed E-state index contributed by atoms with van der Waals surface area (Å²) in [7, 11) is 1.72. The van der Waals surface area contributed by atoms with Crippen LogP contribution in [0.1, 0.15) is 10.4 Å². The van der Waals surface area contributed by atoms with Gasteiger partial charge in [0.05, 0.1) is 5.56 Å². The van der Waals surface area contributed by atoms with Crippen molar-refractivity contribution in [1.82, 2.24) is 0 Å². The van der Waals surface area contributed by atoms with Crippen LogP contribution in [0.25, 0.3) is 0 Å². The Bertz CT molecular complexity index is 671. The number of hydrogen-bond donors (Lipinski definition) is 2. The summed E-state index contributed by atoms with van der Waals surface area (Å²) >= 11 is 2.18. The highest BCUT2D eigenvalue weighted by Gasteiger charge is 2.13. The van der Waals surface area contributed by atoms with E-state index in [0.29, 0.717) is 16.9 Å². The fourth-order valence-corrected chi connectivity index (χ4v) is 2.18. The first-order valence-corrected chi connectivity index (χ1v) is 7.67. The summed E-state index contributed by atoms with van der Waals surface area (Å²) in [5.41, 5.74) is 1.72. The number of para-hydroxylation sites is 1. The van der Waals surface area contributed by atoms with Gasteiger partial charge in [0.15, 0.2) is 6.61 Å². The molecule has 0 bridgehead atoms. The van der Waals surface area contributed by atoms with Gasteiger partial charge in [0.25, 0.3) is 5.91 Å². The van der Waals surface area contributed by atoms with Crippen molar-refractivity contribution in [3.8, 4) is 0 Å². The number of carbonyl (C=O) groups is 2. The van der Waals surface area contributed by atoms with Crippen molar-refractivity contribution in [2.45, 2.75) is 0 Å². The maximum absolute atomic E-state index is 12.0. The van der Waals surface area contributed by atoms with Crippen LogP contribution in [0.5, 0.6) is 0 Å². The van der Waals surface area contributed by atoms with E-state index in [1.54, 1.807) is 37.4 Å². The van der Waals surface area contributed by atoms with Crippen molar-refractivity contribution in [1.29, 1.82) is 0 Å².